The van der Waals surface area contributed by atoms with Crippen LogP contribution in [0, 0.1) is 0 Å². The van der Waals surface area contributed by atoms with Crippen molar-refractivity contribution in [2.45, 2.75) is 11.4 Å². The van der Waals surface area contributed by atoms with Crippen LogP contribution >= 0.6 is 11.3 Å². The molecule has 4 aromatic rings. The second-order valence-electron chi connectivity index (χ2n) is 7.82. The number of aromatic nitrogens is 1. The summed E-state index contributed by atoms with van der Waals surface area (Å²) >= 11 is 1.47. The van der Waals surface area contributed by atoms with Gasteiger partial charge < -0.3 is 15.4 Å². The number of nitrogens with zero attached hydrogens (tertiary/aromatic N) is 2. The summed E-state index contributed by atoms with van der Waals surface area (Å²) < 4.78 is 33.4. The molecule has 1 aromatic heterocycles. The number of hydrogen-bond acceptors (Lipinski definition) is 7. The van der Waals surface area contributed by atoms with Crippen LogP contribution in [0.15, 0.2) is 89.1 Å². The zero-order valence-electron chi connectivity index (χ0n) is 19.8. The van der Waals surface area contributed by atoms with Gasteiger partial charge in [-0.3, -0.25) is 4.79 Å². The van der Waals surface area contributed by atoms with E-state index in [9.17, 15) is 13.2 Å². The minimum Gasteiger partial charge on any atom is -0.495 e. The van der Waals surface area contributed by atoms with Gasteiger partial charge in [-0.25, -0.2) is 13.4 Å². The third-order valence-corrected chi connectivity index (χ3v) is 8.06. The summed E-state index contributed by atoms with van der Waals surface area (Å²) in [7, 11) is -0.621. The van der Waals surface area contributed by atoms with Gasteiger partial charge in [0, 0.05) is 24.5 Å². The van der Waals surface area contributed by atoms with Gasteiger partial charge >= 0.3 is 0 Å². The molecule has 0 saturated carbocycles. The van der Waals surface area contributed by atoms with Gasteiger partial charge in [-0.1, -0.05) is 48.5 Å². The zero-order chi connectivity index (χ0) is 25.5. The fourth-order valence-corrected chi connectivity index (χ4v) is 5.68. The molecule has 0 fully saturated rings. The molecular formula is C26H26N4O4S2. The first-order valence-electron chi connectivity index (χ1n) is 11.1. The molecule has 3 aromatic carbocycles. The summed E-state index contributed by atoms with van der Waals surface area (Å²) in [6.07, 6.45) is 0. The van der Waals surface area contributed by atoms with Gasteiger partial charge in [-0.05, 0) is 35.9 Å². The number of hydrogen-bond donors (Lipinski definition) is 2. The summed E-state index contributed by atoms with van der Waals surface area (Å²) in [6, 6.07) is 22.6. The van der Waals surface area contributed by atoms with Crippen molar-refractivity contribution in [2.75, 3.05) is 31.3 Å². The largest absolute Gasteiger partial charge is 0.495 e. The van der Waals surface area contributed by atoms with E-state index >= 15 is 0 Å². The number of ether oxygens (including phenoxy) is 1. The van der Waals surface area contributed by atoms with E-state index in [0.717, 1.165) is 22.0 Å². The van der Waals surface area contributed by atoms with Crippen LogP contribution in [0.1, 0.15) is 5.56 Å². The van der Waals surface area contributed by atoms with Crippen LogP contribution in [0.25, 0.3) is 11.3 Å². The lowest BCUT2D eigenvalue weighted by Gasteiger charge is -2.22. The molecule has 1 amide bonds. The van der Waals surface area contributed by atoms with Crippen molar-refractivity contribution in [3.8, 4) is 17.0 Å². The van der Waals surface area contributed by atoms with E-state index in [1.54, 1.807) is 37.4 Å². The molecule has 8 nitrogen and oxygen atoms in total. The maximum atomic E-state index is 13.4. The fraction of sp³-hybridized carbons (Fsp3) is 0.154. The van der Waals surface area contributed by atoms with Gasteiger partial charge in [0.15, 0.2) is 5.13 Å². The maximum Gasteiger partial charge on any atom is 0.243 e. The number of carbonyl (C=O) groups is 1. The van der Waals surface area contributed by atoms with Crippen LogP contribution in [0.3, 0.4) is 0 Å². The Labute approximate surface area is 214 Å². The number of methoxy groups -OCH3 is 1. The second kappa shape index (κ2) is 11.3. The number of nitrogens with one attached hydrogen (secondary N) is 2. The van der Waals surface area contributed by atoms with Crippen molar-refractivity contribution in [1.82, 2.24) is 9.29 Å². The number of thiazole rings is 1. The minimum atomic E-state index is -3.93. The van der Waals surface area contributed by atoms with Crippen LogP contribution in [-0.2, 0) is 21.4 Å². The van der Waals surface area contributed by atoms with Crippen molar-refractivity contribution in [1.29, 1.82) is 0 Å². The maximum absolute atomic E-state index is 13.4. The zero-order valence-corrected chi connectivity index (χ0v) is 21.5. The van der Waals surface area contributed by atoms with Gasteiger partial charge in [-0.2, -0.15) is 4.31 Å². The second-order valence-corrected chi connectivity index (χ2v) is 10.6. The van der Waals surface area contributed by atoms with Crippen LogP contribution in [-0.4, -0.2) is 44.3 Å². The first-order valence-corrected chi connectivity index (χ1v) is 13.4. The molecule has 0 aliphatic carbocycles. The van der Waals surface area contributed by atoms with Gasteiger partial charge in [0.1, 0.15) is 5.75 Å². The molecule has 0 aliphatic heterocycles. The van der Waals surface area contributed by atoms with Gasteiger partial charge in [0.2, 0.25) is 15.9 Å². The molecule has 4 rings (SSSR count). The van der Waals surface area contributed by atoms with Crippen LogP contribution in [0.4, 0.5) is 10.8 Å². The number of rotatable bonds is 10. The molecule has 186 valence electrons. The Hall–Kier alpha value is -3.73. The summed E-state index contributed by atoms with van der Waals surface area (Å²) in [5, 5.41) is 8.51. The standard InChI is InChI=1S/C26H26N4O4S2/c1-27-26-29-23(18-35-26)20-13-14-24(34-2)22(15-20)28-25(31)17-30(16-19-9-5-3-6-10-19)36(32,33)21-11-7-4-8-12-21/h3-15,18H,16-17H2,1-2H3,(H,27,29)(H,28,31). The van der Waals surface area contributed by atoms with E-state index in [-0.39, 0.29) is 18.0 Å². The third kappa shape index (κ3) is 5.91. The number of amides is 1. The minimum absolute atomic E-state index is 0.0499. The van der Waals surface area contributed by atoms with Crippen molar-refractivity contribution < 1.29 is 17.9 Å². The Morgan fingerprint density at radius 2 is 1.72 bits per heavy atom. The predicted octanol–water partition coefficient (Wildman–Crippen LogP) is 4.69. The Morgan fingerprint density at radius 3 is 2.36 bits per heavy atom. The molecule has 0 spiro atoms. The van der Waals surface area contributed by atoms with Crippen molar-refractivity contribution in [3.05, 3.63) is 89.8 Å². The molecule has 1 heterocycles. The highest BCUT2D eigenvalue weighted by molar-refractivity contribution is 7.89. The van der Waals surface area contributed by atoms with Crippen molar-refractivity contribution in [3.63, 3.8) is 0 Å². The van der Waals surface area contributed by atoms with Crippen LogP contribution in [0.5, 0.6) is 5.75 Å². The van der Waals surface area contributed by atoms with Gasteiger partial charge in [0.25, 0.3) is 0 Å². The number of carbonyl (C=O) groups excluding carboxylic acids is 1. The van der Waals surface area contributed by atoms with Crippen molar-refractivity contribution >= 4 is 38.1 Å². The average Bonchev–Trinajstić information content (AvgIpc) is 3.39. The molecule has 10 heteroatoms. The molecule has 0 saturated heterocycles. The third-order valence-electron chi connectivity index (χ3n) is 5.39. The lowest BCUT2D eigenvalue weighted by molar-refractivity contribution is -0.116. The Balaban J connectivity index is 1.60. The highest BCUT2D eigenvalue weighted by atomic mass is 32.2. The Morgan fingerprint density at radius 1 is 1.03 bits per heavy atom. The highest BCUT2D eigenvalue weighted by Gasteiger charge is 2.27. The SMILES string of the molecule is CNc1nc(-c2ccc(OC)c(NC(=O)CN(Cc3ccccc3)S(=O)(=O)c3ccccc3)c2)cs1. The topological polar surface area (TPSA) is 101 Å². The van der Waals surface area contributed by atoms with E-state index in [1.807, 2.05) is 41.8 Å². The van der Waals surface area contributed by atoms with E-state index in [4.69, 9.17) is 4.74 Å². The van der Waals surface area contributed by atoms with Crippen LogP contribution in [0.2, 0.25) is 0 Å². The smallest absolute Gasteiger partial charge is 0.243 e. The lowest BCUT2D eigenvalue weighted by atomic mass is 10.1. The predicted molar refractivity (Wildman–Crippen MR) is 143 cm³/mol. The first kappa shape index (κ1) is 25.4. The molecule has 0 atom stereocenters. The molecule has 0 radical (unpaired) electrons. The van der Waals surface area contributed by atoms with E-state index in [0.29, 0.717) is 11.4 Å². The van der Waals surface area contributed by atoms with Gasteiger partial charge in [0.05, 0.1) is 29.9 Å². The van der Waals surface area contributed by atoms with E-state index in [2.05, 4.69) is 15.6 Å². The number of sulfonamides is 1. The molecule has 0 bridgehead atoms. The summed E-state index contributed by atoms with van der Waals surface area (Å²) in [4.78, 5) is 17.8. The average molecular weight is 523 g/mol. The molecule has 0 unspecified atom stereocenters. The molecular weight excluding hydrogens is 496 g/mol. The molecule has 0 aliphatic rings. The lowest BCUT2D eigenvalue weighted by Crippen LogP contribution is -2.37. The van der Waals surface area contributed by atoms with E-state index < -0.39 is 15.9 Å². The molecule has 36 heavy (non-hydrogen) atoms. The summed E-state index contributed by atoms with van der Waals surface area (Å²) in [6.45, 7) is -0.325. The molecule has 2 N–H and O–H groups in total. The number of anilines is 2. The monoisotopic (exact) mass is 522 g/mol. The Kier molecular flexibility index (Phi) is 7.99. The summed E-state index contributed by atoms with van der Waals surface area (Å²) in [5.74, 6) is -0.0354. The van der Waals surface area contributed by atoms with Crippen LogP contribution < -0.4 is 15.4 Å². The summed E-state index contributed by atoms with van der Waals surface area (Å²) in [5.41, 5.74) is 2.74. The normalized spacial score (nSPS) is 11.3. The van der Waals surface area contributed by atoms with E-state index in [1.165, 1.54) is 34.9 Å². The Bertz CT molecular complexity index is 1420. The fourth-order valence-electron chi connectivity index (χ4n) is 3.59. The first-order chi connectivity index (χ1) is 17.4. The number of benzene rings is 3. The van der Waals surface area contributed by atoms with Gasteiger partial charge in [-0.15, -0.1) is 11.3 Å². The highest BCUT2D eigenvalue weighted by Crippen LogP contribution is 2.32. The van der Waals surface area contributed by atoms with Crippen molar-refractivity contribution in [2.24, 2.45) is 0 Å². The quantitative estimate of drug-likeness (QED) is 0.313.